The van der Waals surface area contributed by atoms with E-state index in [4.69, 9.17) is 4.74 Å². The highest BCUT2D eigenvalue weighted by molar-refractivity contribution is 6.02. The van der Waals surface area contributed by atoms with Crippen molar-refractivity contribution in [2.45, 2.75) is 45.4 Å². The SMILES string of the molecule is CCCCCCC(=O)N1CCc2c1ccc1[nH]c(C(=O)OC)cc21. The molecule has 5 heteroatoms. The Bertz CT molecular complexity index is 763. The van der Waals surface area contributed by atoms with Crippen LogP contribution < -0.4 is 4.90 Å². The maximum Gasteiger partial charge on any atom is 0.354 e. The summed E-state index contributed by atoms with van der Waals surface area (Å²) in [5.74, 6) is -0.172. The number of H-pyrrole nitrogens is 1. The predicted octanol–water partition coefficient (Wildman–Crippen LogP) is 3.81. The zero-order valence-corrected chi connectivity index (χ0v) is 14.4. The lowest BCUT2D eigenvalue weighted by Crippen LogP contribution is -2.28. The molecule has 1 aromatic heterocycles. The molecule has 0 spiro atoms. The first kappa shape index (κ1) is 16.6. The van der Waals surface area contributed by atoms with E-state index < -0.39 is 0 Å². The summed E-state index contributed by atoms with van der Waals surface area (Å²) in [6, 6.07) is 5.74. The van der Waals surface area contributed by atoms with Crippen LogP contribution in [0.3, 0.4) is 0 Å². The van der Waals surface area contributed by atoms with E-state index in [-0.39, 0.29) is 11.9 Å². The van der Waals surface area contributed by atoms with Crippen molar-refractivity contribution in [3.63, 3.8) is 0 Å². The van der Waals surface area contributed by atoms with Gasteiger partial charge in [-0.15, -0.1) is 0 Å². The molecule has 0 unspecified atom stereocenters. The maximum absolute atomic E-state index is 12.5. The number of unbranched alkanes of at least 4 members (excludes halogenated alkanes) is 3. The number of carbonyl (C=O) groups is 2. The molecule has 0 radical (unpaired) electrons. The maximum atomic E-state index is 12.5. The third-order valence-electron chi connectivity index (χ3n) is 4.72. The van der Waals surface area contributed by atoms with Crippen LogP contribution in [0.5, 0.6) is 0 Å². The van der Waals surface area contributed by atoms with Crippen LogP contribution in [0.2, 0.25) is 0 Å². The van der Waals surface area contributed by atoms with Crippen molar-refractivity contribution in [1.82, 2.24) is 4.98 Å². The number of aromatic nitrogens is 1. The summed E-state index contributed by atoms with van der Waals surface area (Å²) in [7, 11) is 1.37. The quantitative estimate of drug-likeness (QED) is 0.648. The van der Waals surface area contributed by atoms with Gasteiger partial charge in [0.05, 0.1) is 7.11 Å². The number of aromatic amines is 1. The molecule has 1 aromatic carbocycles. The summed E-state index contributed by atoms with van der Waals surface area (Å²) in [6.45, 7) is 2.89. The van der Waals surface area contributed by atoms with Crippen LogP contribution in [0, 0.1) is 0 Å². The van der Waals surface area contributed by atoms with Gasteiger partial charge in [0.25, 0.3) is 0 Å². The van der Waals surface area contributed by atoms with Crippen LogP contribution in [0.4, 0.5) is 5.69 Å². The molecule has 1 aliphatic heterocycles. The van der Waals surface area contributed by atoms with Gasteiger partial charge in [0.1, 0.15) is 5.69 Å². The molecule has 24 heavy (non-hydrogen) atoms. The number of esters is 1. The number of methoxy groups -OCH3 is 1. The highest BCUT2D eigenvalue weighted by Crippen LogP contribution is 2.35. The van der Waals surface area contributed by atoms with Gasteiger partial charge in [-0.1, -0.05) is 26.2 Å². The third-order valence-corrected chi connectivity index (χ3v) is 4.72. The third kappa shape index (κ3) is 3.03. The van der Waals surface area contributed by atoms with Crippen molar-refractivity contribution in [3.8, 4) is 0 Å². The number of hydrogen-bond donors (Lipinski definition) is 1. The van der Waals surface area contributed by atoms with Crippen molar-refractivity contribution >= 4 is 28.5 Å². The van der Waals surface area contributed by atoms with E-state index in [2.05, 4.69) is 11.9 Å². The van der Waals surface area contributed by atoms with Crippen molar-refractivity contribution in [1.29, 1.82) is 0 Å². The van der Waals surface area contributed by atoms with E-state index in [9.17, 15) is 9.59 Å². The van der Waals surface area contributed by atoms with E-state index in [0.29, 0.717) is 12.1 Å². The van der Waals surface area contributed by atoms with Gasteiger partial charge < -0.3 is 14.6 Å². The van der Waals surface area contributed by atoms with E-state index in [1.807, 2.05) is 23.1 Å². The second kappa shape index (κ2) is 7.07. The molecule has 0 bridgehead atoms. The number of rotatable bonds is 6. The van der Waals surface area contributed by atoms with Crippen LogP contribution in [-0.2, 0) is 16.0 Å². The average molecular weight is 328 g/mol. The van der Waals surface area contributed by atoms with Crippen LogP contribution in [-0.4, -0.2) is 30.5 Å². The number of hydrogen-bond acceptors (Lipinski definition) is 3. The molecule has 0 atom stereocenters. The fraction of sp³-hybridized carbons (Fsp3) is 0.474. The molecule has 2 aromatic rings. The number of amides is 1. The summed E-state index contributed by atoms with van der Waals surface area (Å²) in [6.07, 6.45) is 5.86. The minimum Gasteiger partial charge on any atom is -0.464 e. The molecule has 1 N–H and O–H groups in total. The molecule has 5 nitrogen and oxygen atoms in total. The first-order chi connectivity index (χ1) is 11.7. The number of fused-ring (bicyclic) bond motifs is 3. The van der Waals surface area contributed by atoms with Gasteiger partial charge in [0.2, 0.25) is 5.91 Å². The molecule has 1 amide bonds. The summed E-state index contributed by atoms with van der Waals surface area (Å²) in [4.78, 5) is 29.2. The number of ether oxygens (including phenoxy) is 1. The first-order valence-corrected chi connectivity index (χ1v) is 8.69. The predicted molar refractivity (Wildman–Crippen MR) is 94.5 cm³/mol. The molecule has 0 saturated carbocycles. The highest BCUT2D eigenvalue weighted by Gasteiger charge is 2.26. The second-order valence-corrected chi connectivity index (χ2v) is 6.31. The summed E-state index contributed by atoms with van der Waals surface area (Å²) < 4.78 is 4.77. The Morgan fingerprint density at radius 3 is 2.83 bits per heavy atom. The van der Waals surface area contributed by atoms with Gasteiger partial charge in [0, 0.05) is 29.6 Å². The molecule has 0 aliphatic carbocycles. The van der Waals surface area contributed by atoms with Crippen molar-refractivity contribution in [2.24, 2.45) is 0 Å². The molecule has 2 heterocycles. The lowest BCUT2D eigenvalue weighted by Gasteiger charge is -2.17. The highest BCUT2D eigenvalue weighted by atomic mass is 16.5. The monoisotopic (exact) mass is 328 g/mol. The van der Waals surface area contributed by atoms with Crippen LogP contribution in [0.25, 0.3) is 10.9 Å². The van der Waals surface area contributed by atoms with Gasteiger partial charge >= 0.3 is 5.97 Å². The Kier molecular flexibility index (Phi) is 4.88. The number of anilines is 1. The molecule has 0 saturated heterocycles. The van der Waals surface area contributed by atoms with Crippen LogP contribution >= 0.6 is 0 Å². The zero-order chi connectivity index (χ0) is 17.1. The fourth-order valence-corrected chi connectivity index (χ4v) is 3.43. The molecular formula is C19H24N2O3. The number of nitrogens with one attached hydrogen (secondary N) is 1. The lowest BCUT2D eigenvalue weighted by molar-refractivity contribution is -0.118. The van der Waals surface area contributed by atoms with E-state index in [1.54, 1.807) is 0 Å². The summed E-state index contributed by atoms with van der Waals surface area (Å²) in [5, 5.41) is 1.01. The summed E-state index contributed by atoms with van der Waals surface area (Å²) >= 11 is 0. The smallest absolute Gasteiger partial charge is 0.354 e. The van der Waals surface area contributed by atoms with E-state index >= 15 is 0 Å². The lowest BCUT2D eigenvalue weighted by atomic mass is 10.1. The zero-order valence-electron chi connectivity index (χ0n) is 14.4. The van der Waals surface area contributed by atoms with Crippen LogP contribution in [0.15, 0.2) is 18.2 Å². The Morgan fingerprint density at radius 1 is 1.25 bits per heavy atom. The molecule has 128 valence electrons. The van der Waals surface area contributed by atoms with E-state index in [0.717, 1.165) is 48.0 Å². The Morgan fingerprint density at radius 2 is 2.08 bits per heavy atom. The van der Waals surface area contributed by atoms with E-state index in [1.165, 1.54) is 20.0 Å². The second-order valence-electron chi connectivity index (χ2n) is 6.31. The average Bonchev–Trinajstić information content (AvgIpc) is 3.21. The number of nitrogens with zero attached hydrogens (tertiary/aromatic N) is 1. The topological polar surface area (TPSA) is 62.4 Å². The van der Waals surface area contributed by atoms with Crippen molar-refractivity contribution in [2.75, 3.05) is 18.6 Å². The van der Waals surface area contributed by atoms with Crippen LogP contribution in [0.1, 0.15) is 55.1 Å². The molecular weight excluding hydrogens is 304 g/mol. The normalized spacial score (nSPS) is 13.3. The Balaban J connectivity index is 1.81. The Labute approximate surface area is 142 Å². The standard InChI is InChI=1S/C19H24N2O3/c1-3-4-5-6-7-18(22)21-11-10-13-14-12-16(19(23)24-2)20-15(14)8-9-17(13)21/h8-9,12,20H,3-7,10-11H2,1-2H3. The Hall–Kier alpha value is -2.30. The molecule has 1 aliphatic rings. The summed E-state index contributed by atoms with van der Waals surface area (Å²) in [5.41, 5.74) is 3.48. The molecule has 0 fully saturated rings. The van der Waals surface area contributed by atoms with Gasteiger partial charge in [-0.2, -0.15) is 0 Å². The number of benzene rings is 1. The van der Waals surface area contributed by atoms with Gasteiger partial charge in [0.15, 0.2) is 0 Å². The van der Waals surface area contributed by atoms with Crippen molar-refractivity contribution < 1.29 is 14.3 Å². The first-order valence-electron chi connectivity index (χ1n) is 8.69. The van der Waals surface area contributed by atoms with Crippen molar-refractivity contribution in [3.05, 3.63) is 29.5 Å². The van der Waals surface area contributed by atoms with Gasteiger partial charge in [-0.25, -0.2) is 4.79 Å². The van der Waals surface area contributed by atoms with Gasteiger partial charge in [-0.05, 0) is 36.6 Å². The van der Waals surface area contributed by atoms with Gasteiger partial charge in [-0.3, -0.25) is 4.79 Å². The number of carbonyl (C=O) groups excluding carboxylic acids is 2. The fourth-order valence-electron chi connectivity index (χ4n) is 3.43. The molecule has 3 rings (SSSR count). The largest absolute Gasteiger partial charge is 0.464 e. The minimum atomic E-state index is -0.373. The minimum absolute atomic E-state index is 0.202.